The number of nitrogens with one attached hydrogen (secondary N) is 2. The first-order valence-electron chi connectivity index (χ1n) is 6.74. The van der Waals surface area contributed by atoms with Gasteiger partial charge in [0.2, 0.25) is 0 Å². The normalized spacial score (nSPS) is 10.0. The topological polar surface area (TPSA) is 76.7 Å². The number of imide groups is 1. The standard InChI is InChI=1S/C16H14Cl2N2O4/c1-23-12-4-3-5-13(24-2)14(12)15(21)20-16(22)19-9-6-7-10(17)11(18)8-9/h3-8H,1-2H3,(H2,19,20,21,22). The lowest BCUT2D eigenvalue weighted by atomic mass is 10.1. The van der Waals surface area contributed by atoms with E-state index in [0.29, 0.717) is 10.7 Å². The fourth-order valence-electron chi connectivity index (χ4n) is 1.98. The summed E-state index contributed by atoms with van der Waals surface area (Å²) in [7, 11) is 2.84. The van der Waals surface area contributed by atoms with Crippen LogP contribution < -0.4 is 20.1 Å². The van der Waals surface area contributed by atoms with Crippen LogP contribution in [0.5, 0.6) is 11.5 Å². The van der Waals surface area contributed by atoms with Crippen molar-refractivity contribution in [2.24, 2.45) is 0 Å². The van der Waals surface area contributed by atoms with Gasteiger partial charge in [-0.05, 0) is 30.3 Å². The molecule has 126 valence electrons. The fraction of sp³-hybridized carbons (Fsp3) is 0.125. The Morgan fingerprint density at radius 1 is 0.958 bits per heavy atom. The number of hydrogen-bond donors (Lipinski definition) is 2. The molecular formula is C16H14Cl2N2O4. The predicted octanol–water partition coefficient (Wildman–Crippen LogP) is 3.97. The van der Waals surface area contributed by atoms with Gasteiger partial charge in [-0.3, -0.25) is 10.1 Å². The lowest BCUT2D eigenvalue weighted by molar-refractivity contribution is 0.0961. The van der Waals surface area contributed by atoms with Crippen LogP contribution in [0.4, 0.5) is 10.5 Å². The molecule has 0 aliphatic rings. The molecule has 0 radical (unpaired) electrons. The molecule has 2 N–H and O–H groups in total. The van der Waals surface area contributed by atoms with Gasteiger partial charge >= 0.3 is 6.03 Å². The highest BCUT2D eigenvalue weighted by Gasteiger charge is 2.20. The predicted molar refractivity (Wildman–Crippen MR) is 92.5 cm³/mol. The SMILES string of the molecule is COc1cccc(OC)c1C(=O)NC(=O)Nc1ccc(Cl)c(Cl)c1. The molecule has 0 heterocycles. The van der Waals surface area contributed by atoms with Crippen molar-refractivity contribution in [3.8, 4) is 11.5 Å². The molecule has 0 saturated carbocycles. The van der Waals surface area contributed by atoms with Gasteiger partial charge in [0.25, 0.3) is 5.91 Å². The third kappa shape index (κ3) is 4.10. The number of carbonyl (C=O) groups excluding carboxylic acids is 2. The molecule has 0 saturated heterocycles. The third-order valence-corrected chi connectivity index (χ3v) is 3.80. The summed E-state index contributed by atoms with van der Waals surface area (Å²) in [4.78, 5) is 24.3. The summed E-state index contributed by atoms with van der Waals surface area (Å²) in [5, 5.41) is 5.34. The average molecular weight is 369 g/mol. The second-order valence-corrected chi connectivity index (χ2v) is 5.39. The van der Waals surface area contributed by atoms with Crippen LogP contribution >= 0.6 is 23.2 Å². The van der Waals surface area contributed by atoms with Gasteiger partial charge in [0.05, 0.1) is 24.3 Å². The summed E-state index contributed by atoms with van der Waals surface area (Å²) in [6, 6.07) is 8.68. The first-order chi connectivity index (χ1) is 11.5. The molecule has 24 heavy (non-hydrogen) atoms. The molecular weight excluding hydrogens is 355 g/mol. The van der Waals surface area contributed by atoms with Gasteiger partial charge in [-0.25, -0.2) is 4.79 Å². The zero-order chi connectivity index (χ0) is 17.7. The maximum atomic E-state index is 12.3. The summed E-state index contributed by atoms with van der Waals surface area (Å²) in [5.74, 6) is -0.0924. The second-order valence-electron chi connectivity index (χ2n) is 4.57. The smallest absolute Gasteiger partial charge is 0.326 e. The minimum absolute atomic E-state index is 0.117. The second kappa shape index (κ2) is 7.90. The van der Waals surface area contributed by atoms with Gasteiger partial charge in [0.1, 0.15) is 17.1 Å². The molecule has 3 amide bonds. The van der Waals surface area contributed by atoms with Crippen molar-refractivity contribution in [3.63, 3.8) is 0 Å². The minimum Gasteiger partial charge on any atom is -0.496 e. The Hall–Kier alpha value is -2.44. The zero-order valence-corrected chi connectivity index (χ0v) is 14.4. The van der Waals surface area contributed by atoms with Crippen LogP contribution in [0.1, 0.15) is 10.4 Å². The molecule has 6 nitrogen and oxygen atoms in total. The van der Waals surface area contributed by atoms with E-state index in [9.17, 15) is 9.59 Å². The van der Waals surface area contributed by atoms with Gasteiger partial charge in [-0.2, -0.15) is 0 Å². The molecule has 0 unspecified atom stereocenters. The summed E-state index contributed by atoms with van der Waals surface area (Å²) in [6.07, 6.45) is 0. The highest BCUT2D eigenvalue weighted by atomic mass is 35.5. The lowest BCUT2D eigenvalue weighted by Gasteiger charge is -2.13. The van der Waals surface area contributed by atoms with Gasteiger partial charge in [0, 0.05) is 5.69 Å². The van der Waals surface area contributed by atoms with Gasteiger partial charge in [-0.15, -0.1) is 0 Å². The number of amides is 3. The molecule has 0 spiro atoms. The first-order valence-corrected chi connectivity index (χ1v) is 7.50. The largest absolute Gasteiger partial charge is 0.496 e. The third-order valence-electron chi connectivity index (χ3n) is 3.06. The first kappa shape index (κ1) is 17.9. The Morgan fingerprint density at radius 3 is 2.12 bits per heavy atom. The van der Waals surface area contributed by atoms with Gasteiger partial charge in [-0.1, -0.05) is 29.3 Å². The Labute approximate surface area is 148 Å². The van der Waals surface area contributed by atoms with E-state index in [0.717, 1.165) is 0 Å². The van der Waals surface area contributed by atoms with E-state index in [1.54, 1.807) is 24.3 Å². The van der Waals surface area contributed by atoms with E-state index < -0.39 is 11.9 Å². The summed E-state index contributed by atoms with van der Waals surface area (Å²) in [5.41, 5.74) is 0.508. The summed E-state index contributed by atoms with van der Waals surface area (Å²) in [6.45, 7) is 0. The van der Waals surface area contributed by atoms with Crippen LogP contribution in [0, 0.1) is 0 Å². The summed E-state index contributed by atoms with van der Waals surface area (Å²) < 4.78 is 10.3. The number of urea groups is 1. The lowest BCUT2D eigenvalue weighted by Crippen LogP contribution is -2.34. The van der Waals surface area contributed by atoms with Crippen LogP contribution in [0.25, 0.3) is 0 Å². The van der Waals surface area contributed by atoms with Crippen LogP contribution in [0.3, 0.4) is 0 Å². The van der Waals surface area contributed by atoms with Crippen molar-refractivity contribution in [2.75, 3.05) is 19.5 Å². The molecule has 0 bridgehead atoms. The van der Waals surface area contributed by atoms with Gasteiger partial charge in [0.15, 0.2) is 0 Å². The van der Waals surface area contributed by atoms with E-state index in [1.165, 1.54) is 26.4 Å². The number of ether oxygens (including phenoxy) is 2. The van der Waals surface area contributed by atoms with E-state index >= 15 is 0 Å². The monoisotopic (exact) mass is 368 g/mol. The van der Waals surface area contributed by atoms with Crippen molar-refractivity contribution in [2.45, 2.75) is 0 Å². The molecule has 2 aromatic carbocycles. The van der Waals surface area contributed by atoms with Crippen LogP contribution in [-0.4, -0.2) is 26.2 Å². The number of benzene rings is 2. The van der Waals surface area contributed by atoms with E-state index in [4.69, 9.17) is 32.7 Å². The van der Waals surface area contributed by atoms with Crippen molar-refractivity contribution < 1.29 is 19.1 Å². The van der Waals surface area contributed by atoms with Crippen LogP contribution in [0.2, 0.25) is 10.0 Å². The molecule has 2 rings (SSSR count). The Balaban J connectivity index is 2.14. The van der Waals surface area contributed by atoms with Crippen molar-refractivity contribution in [3.05, 3.63) is 52.0 Å². The molecule has 0 aromatic heterocycles. The highest BCUT2D eigenvalue weighted by molar-refractivity contribution is 6.42. The number of carbonyl (C=O) groups is 2. The van der Waals surface area contributed by atoms with Crippen LogP contribution in [-0.2, 0) is 0 Å². The zero-order valence-electron chi connectivity index (χ0n) is 12.9. The fourth-order valence-corrected chi connectivity index (χ4v) is 2.27. The molecule has 0 atom stereocenters. The van der Waals surface area contributed by atoms with Gasteiger partial charge < -0.3 is 14.8 Å². The van der Waals surface area contributed by atoms with E-state index in [2.05, 4.69) is 10.6 Å². The van der Waals surface area contributed by atoms with Crippen molar-refractivity contribution >= 4 is 40.8 Å². The Kier molecular flexibility index (Phi) is 5.89. The maximum Gasteiger partial charge on any atom is 0.326 e. The van der Waals surface area contributed by atoms with Crippen molar-refractivity contribution in [1.82, 2.24) is 5.32 Å². The quantitative estimate of drug-likeness (QED) is 0.855. The van der Waals surface area contributed by atoms with Crippen molar-refractivity contribution in [1.29, 1.82) is 0 Å². The number of halogens is 2. The minimum atomic E-state index is -0.730. The molecule has 8 heteroatoms. The van der Waals surface area contributed by atoms with Crippen LogP contribution in [0.15, 0.2) is 36.4 Å². The number of anilines is 1. The molecule has 2 aromatic rings. The number of hydrogen-bond acceptors (Lipinski definition) is 4. The van der Waals surface area contributed by atoms with E-state index in [-0.39, 0.29) is 22.1 Å². The summed E-state index contributed by atoms with van der Waals surface area (Å²) >= 11 is 11.7. The highest BCUT2D eigenvalue weighted by Crippen LogP contribution is 2.28. The average Bonchev–Trinajstić information content (AvgIpc) is 2.57. The molecule has 0 aliphatic carbocycles. The Morgan fingerprint density at radius 2 is 1.58 bits per heavy atom. The number of methoxy groups -OCH3 is 2. The Bertz CT molecular complexity index is 758. The molecule has 0 fully saturated rings. The maximum absolute atomic E-state index is 12.3. The number of rotatable bonds is 4. The molecule has 0 aliphatic heterocycles. The van der Waals surface area contributed by atoms with E-state index in [1.807, 2.05) is 0 Å².